The van der Waals surface area contributed by atoms with Gasteiger partial charge in [0.15, 0.2) is 12.7 Å². The van der Waals surface area contributed by atoms with Gasteiger partial charge in [-0.25, -0.2) is 13.6 Å². The van der Waals surface area contributed by atoms with Crippen LogP contribution in [0.15, 0.2) is 42.5 Å². The summed E-state index contributed by atoms with van der Waals surface area (Å²) in [5.41, 5.74) is -0.0824. The van der Waals surface area contributed by atoms with Gasteiger partial charge in [0.1, 0.15) is 17.4 Å². The van der Waals surface area contributed by atoms with Crippen LogP contribution in [0, 0.1) is 11.6 Å². The fourth-order valence-electron chi connectivity index (χ4n) is 1.80. The maximum Gasteiger partial charge on any atom is 0.347 e. The van der Waals surface area contributed by atoms with E-state index in [0.29, 0.717) is 0 Å². The molecule has 0 bridgehead atoms. The molecule has 8 heteroatoms. The third-order valence-electron chi connectivity index (χ3n) is 3.01. The van der Waals surface area contributed by atoms with Crippen LogP contribution in [0.2, 0.25) is 5.02 Å². The fraction of sp³-hybridized carbons (Fsp3) is 0.176. The first-order valence-electron chi connectivity index (χ1n) is 7.19. The summed E-state index contributed by atoms with van der Waals surface area (Å²) in [7, 11) is 0. The van der Waals surface area contributed by atoms with Gasteiger partial charge in [-0.1, -0.05) is 11.6 Å². The van der Waals surface area contributed by atoms with Gasteiger partial charge in [0.25, 0.3) is 5.91 Å². The highest BCUT2D eigenvalue weighted by Gasteiger charge is 2.18. The Hall–Kier alpha value is -2.67. The van der Waals surface area contributed by atoms with E-state index in [1.807, 2.05) is 0 Å². The molecule has 0 spiro atoms. The average Bonchev–Trinajstić information content (AvgIpc) is 2.57. The molecule has 5 nitrogen and oxygen atoms in total. The molecule has 132 valence electrons. The Morgan fingerprint density at radius 3 is 2.48 bits per heavy atom. The van der Waals surface area contributed by atoms with Crippen molar-refractivity contribution in [2.75, 3.05) is 11.9 Å². The summed E-state index contributed by atoms with van der Waals surface area (Å²) >= 11 is 5.61. The number of rotatable bonds is 6. The van der Waals surface area contributed by atoms with E-state index in [4.69, 9.17) is 21.1 Å². The van der Waals surface area contributed by atoms with E-state index in [1.54, 1.807) is 0 Å². The van der Waals surface area contributed by atoms with Crippen LogP contribution in [0.5, 0.6) is 5.75 Å². The summed E-state index contributed by atoms with van der Waals surface area (Å²) in [6.07, 6.45) is -1.01. The van der Waals surface area contributed by atoms with Crippen LogP contribution >= 0.6 is 11.6 Å². The summed E-state index contributed by atoms with van der Waals surface area (Å²) < 4.78 is 36.4. The molecule has 25 heavy (non-hydrogen) atoms. The largest absolute Gasteiger partial charge is 0.479 e. The van der Waals surface area contributed by atoms with E-state index >= 15 is 0 Å². The SMILES string of the molecule is C[C@@H](Oc1ccc(F)cc1)C(=O)OCC(=O)Nc1ccc(Cl)cc1F. The molecule has 0 saturated heterocycles. The molecule has 1 atom stereocenters. The van der Waals surface area contributed by atoms with Crippen LogP contribution in [-0.4, -0.2) is 24.6 Å². The van der Waals surface area contributed by atoms with Crippen molar-refractivity contribution in [3.8, 4) is 5.75 Å². The Kier molecular flexibility index (Phi) is 6.30. The summed E-state index contributed by atoms with van der Waals surface area (Å²) in [5, 5.41) is 2.44. The van der Waals surface area contributed by atoms with E-state index in [2.05, 4.69) is 5.32 Å². The van der Waals surface area contributed by atoms with Crippen molar-refractivity contribution >= 4 is 29.2 Å². The average molecular weight is 370 g/mol. The predicted octanol–water partition coefficient (Wildman–Crippen LogP) is 3.57. The lowest BCUT2D eigenvalue weighted by molar-refractivity contribution is -0.153. The van der Waals surface area contributed by atoms with Gasteiger partial charge in [-0.05, 0) is 49.4 Å². The molecule has 0 saturated carbocycles. The second-order valence-electron chi connectivity index (χ2n) is 4.99. The van der Waals surface area contributed by atoms with Crippen molar-refractivity contribution in [1.82, 2.24) is 0 Å². The van der Waals surface area contributed by atoms with Crippen LogP contribution in [-0.2, 0) is 14.3 Å². The van der Waals surface area contributed by atoms with Gasteiger partial charge in [-0.15, -0.1) is 0 Å². The molecular formula is C17H14ClF2NO4. The Morgan fingerprint density at radius 2 is 1.84 bits per heavy atom. The molecule has 0 unspecified atom stereocenters. The van der Waals surface area contributed by atoms with Crippen molar-refractivity contribution in [3.05, 3.63) is 59.1 Å². The summed E-state index contributed by atoms with van der Waals surface area (Å²) in [6, 6.07) is 8.82. The van der Waals surface area contributed by atoms with Crippen LogP contribution in [0.3, 0.4) is 0 Å². The Morgan fingerprint density at radius 1 is 1.16 bits per heavy atom. The first-order valence-corrected chi connectivity index (χ1v) is 7.56. The molecular weight excluding hydrogens is 356 g/mol. The molecule has 1 amide bonds. The quantitative estimate of drug-likeness (QED) is 0.791. The minimum absolute atomic E-state index is 0.0824. The number of hydrogen-bond donors (Lipinski definition) is 1. The van der Waals surface area contributed by atoms with E-state index < -0.39 is 36.2 Å². The molecule has 0 aromatic heterocycles. The first kappa shape index (κ1) is 18.7. The molecule has 1 N–H and O–H groups in total. The number of carbonyl (C=O) groups is 2. The Labute approximate surface area is 147 Å². The standard InChI is InChI=1S/C17H14ClF2NO4/c1-10(25-13-5-3-12(19)4-6-13)17(23)24-9-16(22)21-15-7-2-11(18)8-14(15)20/h2-8,10H,9H2,1H3,(H,21,22)/t10-/m1/s1. The summed E-state index contributed by atoms with van der Waals surface area (Å²) in [5.74, 6) is -2.38. The fourth-order valence-corrected chi connectivity index (χ4v) is 1.96. The van der Waals surface area contributed by atoms with Crippen LogP contribution in [0.4, 0.5) is 14.5 Å². The third-order valence-corrected chi connectivity index (χ3v) is 3.24. The number of hydrogen-bond acceptors (Lipinski definition) is 4. The number of anilines is 1. The van der Waals surface area contributed by atoms with Gasteiger partial charge in [0.05, 0.1) is 5.69 Å². The zero-order chi connectivity index (χ0) is 18.4. The van der Waals surface area contributed by atoms with Gasteiger partial charge in [0.2, 0.25) is 0 Å². The molecule has 0 radical (unpaired) electrons. The highest BCUT2D eigenvalue weighted by atomic mass is 35.5. The first-order chi connectivity index (χ1) is 11.8. The second kappa shape index (κ2) is 8.43. The zero-order valence-corrected chi connectivity index (χ0v) is 13.8. The predicted molar refractivity (Wildman–Crippen MR) is 87.5 cm³/mol. The van der Waals surface area contributed by atoms with Crippen LogP contribution in [0.25, 0.3) is 0 Å². The van der Waals surface area contributed by atoms with Crippen molar-refractivity contribution in [1.29, 1.82) is 0 Å². The van der Waals surface area contributed by atoms with Crippen LogP contribution < -0.4 is 10.1 Å². The molecule has 0 aliphatic carbocycles. The number of ether oxygens (including phenoxy) is 2. The molecule has 2 rings (SSSR count). The number of halogens is 3. The molecule has 0 fully saturated rings. The van der Waals surface area contributed by atoms with Gasteiger partial charge in [-0.2, -0.15) is 0 Å². The number of amides is 1. The minimum atomic E-state index is -1.01. The molecule has 0 heterocycles. The van der Waals surface area contributed by atoms with Gasteiger partial charge < -0.3 is 14.8 Å². The number of benzene rings is 2. The van der Waals surface area contributed by atoms with Crippen molar-refractivity contribution in [3.63, 3.8) is 0 Å². The van der Waals surface area contributed by atoms with Gasteiger partial charge >= 0.3 is 5.97 Å². The lowest BCUT2D eigenvalue weighted by Gasteiger charge is -2.14. The molecule has 2 aromatic rings. The third kappa shape index (κ3) is 5.72. The lowest BCUT2D eigenvalue weighted by atomic mass is 10.3. The van der Waals surface area contributed by atoms with E-state index in [0.717, 1.165) is 6.07 Å². The lowest BCUT2D eigenvalue weighted by Crippen LogP contribution is -2.29. The Balaban J connectivity index is 1.82. The van der Waals surface area contributed by atoms with Gasteiger partial charge in [-0.3, -0.25) is 4.79 Å². The number of esters is 1. The van der Waals surface area contributed by atoms with E-state index in [-0.39, 0.29) is 16.5 Å². The van der Waals surface area contributed by atoms with Crippen LogP contribution in [0.1, 0.15) is 6.92 Å². The summed E-state index contributed by atoms with van der Waals surface area (Å²) in [4.78, 5) is 23.5. The molecule has 0 aliphatic heterocycles. The molecule has 0 aliphatic rings. The second-order valence-corrected chi connectivity index (χ2v) is 5.43. The van der Waals surface area contributed by atoms with Crippen molar-refractivity contribution < 1.29 is 27.8 Å². The maximum absolute atomic E-state index is 13.6. The zero-order valence-electron chi connectivity index (χ0n) is 13.1. The van der Waals surface area contributed by atoms with E-state index in [1.165, 1.54) is 43.3 Å². The van der Waals surface area contributed by atoms with Crippen molar-refractivity contribution in [2.24, 2.45) is 0 Å². The highest BCUT2D eigenvalue weighted by molar-refractivity contribution is 6.30. The maximum atomic E-state index is 13.6. The smallest absolute Gasteiger partial charge is 0.347 e. The summed E-state index contributed by atoms with van der Waals surface area (Å²) in [6.45, 7) is 0.806. The van der Waals surface area contributed by atoms with Gasteiger partial charge in [0, 0.05) is 5.02 Å². The molecule has 2 aromatic carbocycles. The topological polar surface area (TPSA) is 64.6 Å². The Bertz CT molecular complexity index is 768. The van der Waals surface area contributed by atoms with Crippen molar-refractivity contribution in [2.45, 2.75) is 13.0 Å². The highest BCUT2D eigenvalue weighted by Crippen LogP contribution is 2.18. The minimum Gasteiger partial charge on any atom is -0.479 e. The monoisotopic (exact) mass is 369 g/mol. The van der Waals surface area contributed by atoms with E-state index in [9.17, 15) is 18.4 Å². The normalized spacial score (nSPS) is 11.5. The number of nitrogens with one attached hydrogen (secondary N) is 1. The number of carbonyl (C=O) groups excluding carboxylic acids is 2.